The quantitative estimate of drug-likeness (QED) is 0.208. The minimum absolute atomic E-state index is 0.596. The minimum Gasteiger partial charge on any atom is -0.456 e. The van der Waals surface area contributed by atoms with Crippen LogP contribution in [0.5, 0.6) is 0 Å². The molecular weight excluding hydrogens is 538 g/mol. The van der Waals surface area contributed by atoms with Gasteiger partial charge in [0.15, 0.2) is 17.5 Å². The first-order valence-corrected chi connectivity index (χ1v) is 14.7. The van der Waals surface area contributed by atoms with Crippen LogP contribution in [-0.4, -0.2) is 15.0 Å². The fourth-order valence-electron chi connectivity index (χ4n) is 5.95. The van der Waals surface area contributed by atoms with Crippen molar-refractivity contribution in [3.63, 3.8) is 0 Å². The number of rotatable bonds is 5. The lowest BCUT2D eigenvalue weighted by molar-refractivity contribution is 0.669. The van der Waals surface area contributed by atoms with Crippen LogP contribution in [0.2, 0.25) is 0 Å². The van der Waals surface area contributed by atoms with Gasteiger partial charge in [0.1, 0.15) is 11.2 Å². The van der Waals surface area contributed by atoms with Crippen LogP contribution in [0.25, 0.3) is 78.4 Å². The van der Waals surface area contributed by atoms with Crippen molar-refractivity contribution in [2.45, 2.75) is 6.92 Å². The molecule has 6 aromatic carbocycles. The second kappa shape index (κ2) is 10.8. The average Bonchev–Trinajstić information content (AvgIpc) is 3.47. The Balaban J connectivity index is 1.32. The Labute approximate surface area is 255 Å². The fourth-order valence-corrected chi connectivity index (χ4v) is 5.95. The van der Waals surface area contributed by atoms with Gasteiger partial charge in [-0.15, -0.1) is 0 Å². The average molecular weight is 566 g/mol. The Morgan fingerprint density at radius 3 is 1.75 bits per heavy atom. The van der Waals surface area contributed by atoms with E-state index in [1.165, 1.54) is 5.56 Å². The molecule has 2 aromatic heterocycles. The Bertz CT molecular complexity index is 2290. The lowest BCUT2D eigenvalue weighted by atomic mass is 9.95. The maximum atomic E-state index is 6.43. The highest BCUT2D eigenvalue weighted by molar-refractivity contribution is 6.13. The van der Waals surface area contributed by atoms with Crippen LogP contribution in [-0.2, 0) is 0 Å². The molecule has 0 atom stereocenters. The molecule has 0 aliphatic carbocycles. The summed E-state index contributed by atoms with van der Waals surface area (Å²) in [5.74, 6) is 1.85. The van der Waals surface area contributed by atoms with E-state index in [2.05, 4.69) is 91.9 Å². The normalized spacial score (nSPS) is 11.3. The molecule has 0 saturated heterocycles. The summed E-state index contributed by atoms with van der Waals surface area (Å²) in [5.41, 5.74) is 10.2. The molecule has 0 N–H and O–H groups in total. The highest BCUT2D eigenvalue weighted by Crippen LogP contribution is 2.39. The first-order valence-electron chi connectivity index (χ1n) is 14.7. The van der Waals surface area contributed by atoms with Crippen molar-refractivity contribution in [2.75, 3.05) is 0 Å². The van der Waals surface area contributed by atoms with Crippen molar-refractivity contribution in [3.8, 4) is 56.4 Å². The van der Waals surface area contributed by atoms with E-state index < -0.39 is 0 Å². The molecule has 4 heteroatoms. The van der Waals surface area contributed by atoms with E-state index >= 15 is 0 Å². The van der Waals surface area contributed by atoms with Gasteiger partial charge in [-0.25, -0.2) is 15.0 Å². The van der Waals surface area contributed by atoms with E-state index in [0.717, 1.165) is 60.9 Å². The number of furan rings is 1. The van der Waals surface area contributed by atoms with E-state index in [0.29, 0.717) is 17.5 Å². The van der Waals surface area contributed by atoms with E-state index in [9.17, 15) is 0 Å². The molecule has 0 amide bonds. The summed E-state index contributed by atoms with van der Waals surface area (Å²) < 4.78 is 6.43. The predicted octanol–water partition coefficient (Wildman–Crippen LogP) is 10.4. The molecule has 0 radical (unpaired) electrons. The molecule has 8 rings (SSSR count). The zero-order valence-corrected chi connectivity index (χ0v) is 24.1. The van der Waals surface area contributed by atoms with Gasteiger partial charge in [0.05, 0.1) is 0 Å². The third-order valence-corrected chi connectivity index (χ3v) is 8.11. The number of fused-ring (bicyclic) bond motifs is 3. The predicted molar refractivity (Wildman–Crippen MR) is 179 cm³/mol. The zero-order chi connectivity index (χ0) is 29.5. The van der Waals surface area contributed by atoms with E-state index in [1.54, 1.807) is 0 Å². The van der Waals surface area contributed by atoms with Gasteiger partial charge in [0.25, 0.3) is 0 Å². The smallest absolute Gasteiger partial charge is 0.164 e. The van der Waals surface area contributed by atoms with Crippen LogP contribution >= 0.6 is 0 Å². The van der Waals surface area contributed by atoms with Crippen molar-refractivity contribution in [3.05, 3.63) is 151 Å². The van der Waals surface area contributed by atoms with Gasteiger partial charge in [-0.1, -0.05) is 127 Å². The molecule has 208 valence electrons. The number of aryl methyl sites for hydroxylation is 1. The molecule has 2 heterocycles. The third-order valence-electron chi connectivity index (χ3n) is 8.11. The maximum absolute atomic E-state index is 6.43. The molecule has 4 nitrogen and oxygen atoms in total. The highest BCUT2D eigenvalue weighted by Gasteiger charge is 2.18. The summed E-state index contributed by atoms with van der Waals surface area (Å²) in [6, 6.07) is 49.7. The molecule has 8 aromatic rings. The van der Waals surface area contributed by atoms with Crippen LogP contribution in [0, 0.1) is 6.92 Å². The fraction of sp³-hybridized carbons (Fsp3) is 0.0250. The largest absolute Gasteiger partial charge is 0.456 e. The summed E-state index contributed by atoms with van der Waals surface area (Å²) in [5, 5.41) is 2.17. The summed E-state index contributed by atoms with van der Waals surface area (Å²) in [6.07, 6.45) is 0. The summed E-state index contributed by atoms with van der Waals surface area (Å²) in [7, 11) is 0. The van der Waals surface area contributed by atoms with Gasteiger partial charge in [0.2, 0.25) is 0 Å². The lowest BCUT2D eigenvalue weighted by Crippen LogP contribution is -2.01. The first kappa shape index (κ1) is 25.8. The summed E-state index contributed by atoms with van der Waals surface area (Å²) >= 11 is 0. The lowest BCUT2D eigenvalue weighted by Gasteiger charge is -2.13. The van der Waals surface area contributed by atoms with Crippen LogP contribution in [0.15, 0.2) is 150 Å². The van der Waals surface area contributed by atoms with Gasteiger partial charge in [0, 0.05) is 27.5 Å². The second-order valence-electron chi connectivity index (χ2n) is 10.9. The Hall–Kier alpha value is -5.87. The van der Waals surface area contributed by atoms with Gasteiger partial charge in [-0.05, 0) is 52.9 Å². The highest BCUT2D eigenvalue weighted by atomic mass is 16.3. The summed E-state index contributed by atoms with van der Waals surface area (Å²) in [4.78, 5) is 15.1. The van der Waals surface area contributed by atoms with Crippen molar-refractivity contribution in [1.29, 1.82) is 0 Å². The van der Waals surface area contributed by atoms with Crippen LogP contribution in [0.4, 0.5) is 0 Å². The number of hydrogen-bond donors (Lipinski definition) is 0. The molecule has 0 aliphatic rings. The first-order chi connectivity index (χ1) is 21.7. The molecule has 0 fully saturated rings. The molecular formula is C40H27N3O. The molecule has 0 saturated carbocycles. The van der Waals surface area contributed by atoms with E-state index in [4.69, 9.17) is 19.4 Å². The van der Waals surface area contributed by atoms with Gasteiger partial charge in [-0.3, -0.25) is 0 Å². The molecule has 0 bridgehead atoms. The molecule has 0 unspecified atom stereocenters. The number of hydrogen-bond acceptors (Lipinski definition) is 4. The summed E-state index contributed by atoms with van der Waals surface area (Å²) in [6.45, 7) is 2.13. The van der Waals surface area contributed by atoms with Crippen LogP contribution in [0.1, 0.15) is 5.56 Å². The monoisotopic (exact) mass is 565 g/mol. The number of nitrogens with zero attached hydrogens (tertiary/aromatic N) is 3. The maximum Gasteiger partial charge on any atom is 0.164 e. The van der Waals surface area contributed by atoms with E-state index in [-0.39, 0.29) is 0 Å². The Morgan fingerprint density at radius 1 is 0.409 bits per heavy atom. The Morgan fingerprint density at radius 2 is 1.00 bits per heavy atom. The third kappa shape index (κ3) is 4.54. The number of benzene rings is 6. The molecule has 44 heavy (non-hydrogen) atoms. The standard InChI is InChI=1S/C40H27N3O/c1-26-13-8-9-18-30(26)32-19-10-11-20-33(32)40-42-38(28-16-6-3-7-17-28)41-39(43-40)29-23-24-34-36(25-29)44-35-22-12-21-31(37(34)35)27-14-4-2-5-15-27/h2-25H,1H3. The minimum atomic E-state index is 0.596. The molecule has 0 spiro atoms. The van der Waals surface area contributed by atoms with Crippen molar-refractivity contribution in [1.82, 2.24) is 15.0 Å². The van der Waals surface area contributed by atoms with Gasteiger partial charge in [-0.2, -0.15) is 0 Å². The zero-order valence-electron chi connectivity index (χ0n) is 24.1. The Kier molecular flexibility index (Phi) is 6.31. The van der Waals surface area contributed by atoms with E-state index in [1.807, 2.05) is 60.7 Å². The van der Waals surface area contributed by atoms with Crippen LogP contribution < -0.4 is 0 Å². The van der Waals surface area contributed by atoms with Gasteiger partial charge < -0.3 is 4.42 Å². The number of aromatic nitrogens is 3. The van der Waals surface area contributed by atoms with Crippen molar-refractivity contribution >= 4 is 21.9 Å². The SMILES string of the molecule is Cc1ccccc1-c1ccccc1-c1nc(-c2ccccc2)nc(-c2ccc3c(c2)oc2cccc(-c4ccccc4)c23)n1. The van der Waals surface area contributed by atoms with Gasteiger partial charge >= 0.3 is 0 Å². The topological polar surface area (TPSA) is 51.8 Å². The van der Waals surface area contributed by atoms with Crippen LogP contribution in [0.3, 0.4) is 0 Å². The van der Waals surface area contributed by atoms with Crippen molar-refractivity contribution in [2.24, 2.45) is 0 Å². The second-order valence-corrected chi connectivity index (χ2v) is 10.9. The van der Waals surface area contributed by atoms with Crippen molar-refractivity contribution < 1.29 is 4.42 Å². The molecule has 0 aliphatic heterocycles.